The van der Waals surface area contributed by atoms with Crippen molar-refractivity contribution in [3.8, 4) is 5.75 Å². The molecule has 4 rings (SSSR count). The molecule has 3 heterocycles. The van der Waals surface area contributed by atoms with E-state index in [0.717, 1.165) is 54.0 Å². The molecule has 24 heavy (non-hydrogen) atoms. The Morgan fingerprint density at radius 3 is 2.67 bits per heavy atom. The number of anilines is 2. The summed E-state index contributed by atoms with van der Waals surface area (Å²) < 4.78 is 6.13. The van der Waals surface area contributed by atoms with Crippen molar-refractivity contribution in [3.05, 3.63) is 55.0 Å². The van der Waals surface area contributed by atoms with Crippen LogP contribution in [0.25, 0.3) is 10.8 Å². The summed E-state index contributed by atoms with van der Waals surface area (Å²) in [7, 11) is 0. The number of piperidine rings is 1. The molecule has 0 bridgehead atoms. The largest absolute Gasteiger partial charge is 0.490 e. The van der Waals surface area contributed by atoms with Gasteiger partial charge in [-0.3, -0.25) is 4.98 Å². The number of hydrogen-bond acceptors (Lipinski definition) is 5. The highest BCUT2D eigenvalue weighted by Crippen LogP contribution is 2.25. The van der Waals surface area contributed by atoms with Gasteiger partial charge in [-0.05, 0) is 67.7 Å². The Bertz CT molecular complexity index is 816. The molecule has 0 atom stereocenters. The van der Waals surface area contributed by atoms with E-state index >= 15 is 0 Å². The maximum atomic E-state index is 6.13. The van der Waals surface area contributed by atoms with Crippen molar-refractivity contribution in [2.45, 2.75) is 18.9 Å². The number of ether oxygens (including phenoxy) is 1. The van der Waals surface area contributed by atoms with Gasteiger partial charge in [0.1, 0.15) is 17.7 Å². The first-order valence-electron chi connectivity index (χ1n) is 8.31. The molecule has 2 N–H and O–H groups in total. The molecule has 1 saturated heterocycles. The summed E-state index contributed by atoms with van der Waals surface area (Å²) >= 11 is 0. The topological polar surface area (TPSA) is 59.1 Å². The number of aromatic nitrogens is 2. The minimum absolute atomic E-state index is 0.306. The fraction of sp³-hybridized carbons (Fsp3) is 0.263. The van der Waals surface area contributed by atoms with Crippen LogP contribution in [0, 0.1) is 0 Å². The molecule has 1 aromatic carbocycles. The molecule has 1 aliphatic heterocycles. The molecule has 2 aromatic heterocycles. The zero-order chi connectivity index (χ0) is 16.2. The normalized spacial score (nSPS) is 15.3. The molecule has 0 amide bonds. The summed E-state index contributed by atoms with van der Waals surface area (Å²) in [4.78, 5) is 8.49. The number of hydrogen-bond donors (Lipinski definition) is 2. The first kappa shape index (κ1) is 14.9. The van der Waals surface area contributed by atoms with E-state index in [0.29, 0.717) is 6.10 Å². The molecule has 3 aromatic rings. The predicted octanol–water partition coefficient (Wildman–Crippen LogP) is 3.50. The minimum atomic E-state index is 0.306. The second-order valence-electron chi connectivity index (χ2n) is 6.01. The molecule has 0 saturated carbocycles. The minimum Gasteiger partial charge on any atom is -0.490 e. The number of rotatable bonds is 4. The fourth-order valence-electron chi connectivity index (χ4n) is 2.95. The quantitative estimate of drug-likeness (QED) is 0.770. The van der Waals surface area contributed by atoms with E-state index in [-0.39, 0.29) is 0 Å². The number of fused-ring (bicyclic) bond motifs is 1. The van der Waals surface area contributed by atoms with E-state index in [4.69, 9.17) is 4.74 Å². The van der Waals surface area contributed by atoms with Crippen molar-refractivity contribution < 1.29 is 4.74 Å². The Morgan fingerprint density at radius 2 is 1.83 bits per heavy atom. The van der Waals surface area contributed by atoms with Gasteiger partial charge in [0, 0.05) is 29.7 Å². The standard InChI is InChI=1S/C19H20N4O/c1-2-18(24-17-5-9-21-10-6-17)11-15-12-19(22-13-14(1)15)23-16-3-7-20-8-4-16/h1-4,7-8,11-13,17,21H,5-6,9-10H2,(H,20,22,23). The zero-order valence-electron chi connectivity index (χ0n) is 13.4. The van der Waals surface area contributed by atoms with Gasteiger partial charge in [0.25, 0.3) is 0 Å². The molecule has 1 fully saturated rings. The Balaban J connectivity index is 1.55. The third-order valence-electron chi connectivity index (χ3n) is 4.23. The van der Waals surface area contributed by atoms with Crippen LogP contribution in [-0.4, -0.2) is 29.2 Å². The lowest BCUT2D eigenvalue weighted by molar-refractivity contribution is 0.162. The van der Waals surface area contributed by atoms with Gasteiger partial charge in [-0.2, -0.15) is 0 Å². The molecule has 0 unspecified atom stereocenters. The average molecular weight is 320 g/mol. The highest BCUT2D eigenvalue weighted by Gasteiger charge is 2.14. The molecule has 5 nitrogen and oxygen atoms in total. The molecule has 1 aliphatic rings. The second kappa shape index (κ2) is 6.84. The maximum absolute atomic E-state index is 6.13. The van der Waals surface area contributed by atoms with Gasteiger partial charge in [-0.25, -0.2) is 4.98 Å². The van der Waals surface area contributed by atoms with Crippen molar-refractivity contribution >= 4 is 22.3 Å². The van der Waals surface area contributed by atoms with Crippen LogP contribution in [0.2, 0.25) is 0 Å². The van der Waals surface area contributed by atoms with Gasteiger partial charge in [-0.1, -0.05) is 0 Å². The molecule has 0 radical (unpaired) electrons. The van der Waals surface area contributed by atoms with Crippen molar-refractivity contribution in [1.29, 1.82) is 0 Å². The lowest BCUT2D eigenvalue weighted by atomic mass is 10.1. The number of nitrogens with one attached hydrogen (secondary N) is 2. The number of benzene rings is 1. The van der Waals surface area contributed by atoms with Gasteiger partial charge < -0.3 is 15.4 Å². The van der Waals surface area contributed by atoms with E-state index in [9.17, 15) is 0 Å². The van der Waals surface area contributed by atoms with Crippen LogP contribution in [0.1, 0.15) is 12.8 Å². The zero-order valence-corrected chi connectivity index (χ0v) is 13.4. The van der Waals surface area contributed by atoms with Crippen LogP contribution in [0.3, 0.4) is 0 Å². The maximum Gasteiger partial charge on any atom is 0.130 e. The van der Waals surface area contributed by atoms with Crippen LogP contribution in [0.4, 0.5) is 11.5 Å². The molecule has 0 spiro atoms. The summed E-state index contributed by atoms with van der Waals surface area (Å²) in [6.45, 7) is 2.06. The van der Waals surface area contributed by atoms with E-state index in [1.165, 1.54) is 0 Å². The van der Waals surface area contributed by atoms with Crippen LogP contribution in [-0.2, 0) is 0 Å². The lowest BCUT2D eigenvalue weighted by Gasteiger charge is -2.24. The van der Waals surface area contributed by atoms with Gasteiger partial charge in [0.15, 0.2) is 0 Å². The fourth-order valence-corrected chi connectivity index (χ4v) is 2.95. The summed E-state index contributed by atoms with van der Waals surface area (Å²) in [5, 5.41) is 8.88. The average Bonchev–Trinajstić information content (AvgIpc) is 2.63. The van der Waals surface area contributed by atoms with Crippen molar-refractivity contribution in [2.24, 2.45) is 0 Å². The predicted molar refractivity (Wildman–Crippen MR) is 95.8 cm³/mol. The third kappa shape index (κ3) is 3.46. The van der Waals surface area contributed by atoms with E-state index in [1.54, 1.807) is 12.4 Å². The Kier molecular flexibility index (Phi) is 4.25. The number of nitrogens with zero attached hydrogens (tertiary/aromatic N) is 2. The molecular weight excluding hydrogens is 300 g/mol. The Hall–Kier alpha value is -2.66. The van der Waals surface area contributed by atoms with Crippen LogP contribution < -0.4 is 15.4 Å². The van der Waals surface area contributed by atoms with Gasteiger partial charge in [0.05, 0.1) is 0 Å². The van der Waals surface area contributed by atoms with Gasteiger partial charge in [-0.15, -0.1) is 0 Å². The third-order valence-corrected chi connectivity index (χ3v) is 4.23. The molecule has 122 valence electrons. The Morgan fingerprint density at radius 1 is 1.00 bits per heavy atom. The summed E-state index contributed by atoms with van der Waals surface area (Å²) in [5.74, 6) is 1.74. The van der Waals surface area contributed by atoms with Gasteiger partial charge >= 0.3 is 0 Å². The van der Waals surface area contributed by atoms with Gasteiger partial charge in [0.2, 0.25) is 0 Å². The summed E-state index contributed by atoms with van der Waals surface area (Å²) in [5.41, 5.74) is 0.971. The monoisotopic (exact) mass is 320 g/mol. The SMILES string of the molecule is c1cc(Nc2cc3cc(OC4CCNCC4)ccc3cn2)ccn1. The van der Waals surface area contributed by atoms with Crippen LogP contribution in [0.5, 0.6) is 5.75 Å². The first-order valence-corrected chi connectivity index (χ1v) is 8.31. The smallest absolute Gasteiger partial charge is 0.130 e. The molecular formula is C19H20N4O. The van der Waals surface area contributed by atoms with Crippen molar-refractivity contribution in [1.82, 2.24) is 15.3 Å². The van der Waals surface area contributed by atoms with E-state index in [2.05, 4.69) is 32.7 Å². The lowest BCUT2D eigenvalue weighted by Crippen LogP contribution is -2.34. The van der Waals surface area contributed by atoms with Crippen LogP contribution in [0.15, 0.2) is 55.0 Å². The second-order valence-corrected chi connectivity index (χ2v) is 6.01. The molecule has 0 aliphatic carbocycles. The molecule has 5 heteroatoms. The van der Waals surface area contributed by atoms with Crippen molar-refractivity contribution in [2.75, 3.05) is 18.4 Å². The highest BCUT2D eigenvalue weighted by atomic mass is 16.5. The summed E-state index contributed by atoms with van der Waals surface area (Å²) in [6, 6.07) is 12.1. The van der Waals surface area contributed by atoms with E-state index in [1.807, 2.05) is 30.5 Å². The summed E-state index contributed by atoms with van der Waals surface area (Å²) in [6.07, 6.45) is 7.82. The first-order chi connectivity index (χ1) is 11.9. The van der Waals surface area contributed by atoms with Crippen LogP contribution >= 0.6 is 0 Å². The Labute approximate surface area is 141 Å². The number of pyridine rings is 2. The van der Waals surface area contributed by atoms with Crippen molar-refractivity contribution in [3.63, 3.8) is 0 Å². The highest BCUT2D eigenvalue weighted by molar-refractivity contribution is 5.85. The van der Waals surface area contributed by atoms with E-state index < -0.39 is 0 Å².